The first-order chi connectivity index (χ1) is 10.1. The molecule has 1 saturated heterocycles. The van der Waals surface area contributed by atoms with Crippen LogP contribution in [0.4, 0.5) is 4.79 Å². The minimum atomic E-state index is -0.771. The topological polar surface area (TPSA) is 93.7 Å². The summed E-state index contributed by atoms with van der Waals surface area (Å²) in [6.45, 7) is 0.114. The summed E-state index contributed by atoms with van der Waals surface area (Å²) in [6.07, 6.45) is -0.695. The van der Waals surface area contributed by atoms with Gasteiger partial charge >= 0.3 is 12.1 Å². The summed E-state index contributed by atoms with van der Waals surface area (Å²) in [5.74, 6) is -0.801. The molecule has 2 amide bonds. The van der Waals surface area contributed by atoms with Crippen molar-refractivity contribution in [2.24, 2.45) is 0 Å². The van der Waals surface area contributed by atoms with Crippen LogP contribution in [0.15, 0.2) is 30.3 Å². The first-order valence-corrected chi connectivity index (χ1v) is 6.44. The third-order valence-corrected chi connectivity index (χ3v) is 3.11. The summed E-state index contributed by atoms with van der Waals surface area (Å²) in [5, 5.41) is 4.96. The first-order valence-electron chi connectivity index (χ1n) is 6.44. The summed E-state index contributed by atoms with van der Waals surface area (Å²) >= 11 is 0. The molecule has 0 spiro atoms. The number of nitrogens with one attached hydrogen (secondary N) is 2. The van der Waals surface area contributed by atoms with Crippen molar-refractivity contribution in [2.45, 2.75) is 25.1 Å². The van der Waals surface area contributed by atoms with Crippen molar-refractivity contribution < 1.29 is 23.9 Å². The fourth-order valence-corrected chi connectivity index (χ4v) is 1.93. The van der Waals surface area contributed by atoms with Gasteiger partial charge in [0.1, 0.15) is 12.6 Å². The van der Waals surface area contributed by atoms with Crippen molar-refractivity contribution in [1.82, 2.24) is 10.6 Å². The van der Waals surface area contributed by atoms with E-state index in [-0.39, 0.29) is 18.9 Å². The molecule has 112 valence electrons. The quantitative estimate of drug-likeness (QED) is 0.603. The van der Waals surface area contributed by atoms with Gasteiger partial charge in [-0.05, 0) is 5.56 Å². The predicted molar refractivity (Wildman–Crippen MR) is 72.1 cm³/mol. The number of methoxy groups -OCH3 is 1. The molecule has 7 heteroatoms. The van der Waals surface area contributed by atoms with Gasteiger partial charge in [-0.2, -0.15) is 0 Å². The van der Waals surface area contributed by atoms with E-state index >= 15 is 0 Å². The van der Waals surface area contributed by atoms with E-state index in [0.29, 0.717) is 0 Å². The minimum absolute atomic E-state index is 0.00583. The summed E-state index contributed by atoms with van der Waals surface area (Å²) in [6, 6.07) is 7.94. The van der Waals surface area contributed by atoms with E-state index < -0.39 is 24.1 Å². The van der Waals surface area contributed by atoms with Gasteiger partial charge in [0.15, 0.2) is 0 Å². The van der Waals surface area contributed by atoms with E-state index in [1.165, 1.54) is 7.11 Å². The number of β-lactam (4-membered cyclic amide) rings is 1. The third-order valence-electron chi connectivity index (χ3n) is 3.11. The van der Waals surface area contributed by atoms with Gasteiger partial charge in [-0.3, -0.25) is 9.59 Å². The van der Waals surface area contributed by atoms with Crippen LogP contribution in [0.5, 0.6) is 0 Å². The fourth-order valence-electron chi connectivity index (χ4n) is 1.93. The average molecular weight is 292 g/mol. The van der Waals surface area contributed by atoms with E-state index in [2.05, 4.69) is 15.4 Å². The summed E-state index contributed by atoms with van der Waals surface area (Å²) in [5.41, 5.74) is 0.844. The number of carbonyl (C=O) groups is 3. The van der Waals surface area contributed by atoms with Crippen LogP contribution in [0.2, 0.25) is 0 Å². The number of alkyl carbamates (subject to hydrolysis) is 1. The zero-order chi connectivity index (χ0) is 15.2. The minimum Gasteiger partial charge on any atom is -0.469 e. The lowest BCUT2D eigenvalue weighted by Gasteiger charge is -2.35. The van der Waals surface area contributed by atoms with Crippen molar-refractivity contribution in [3.05, 3.63) is 35.9 Å². The highest BCUT2D eigenvalue weighted by molar-refractivity contribution is 5.93. The Morgan fingerprint density at radius 3 is 2.62 bits per heavy atom. The average Bonchev–Trinajstić information content (AvgIpc) is 2.51. The van der Waals surface area contributed by atoms with Gasteiger partial charge in [0.05, 0.1) is 19.6 Å². The summed E-state index contributed by atoms with van der Waals surface area (Å²) in [7, 11) is 1.26. The lowest BCUT2D eigenvalue weighted by molar-refractivity contribution is -0.143. The van der Waals surface area contributed by atoms with E-state index in [0.717, 1.165) is 5.56 Å². The van der Waals surface area contributed by atoms with Crippen LogP contribution in [0.1, 0.15) is 12.0 Å². The van der Waals surface area contributed by atoms with E-state index in [1.54, 1.807) is 0 Å². The molecule has 1 aliphatic heterocycles. The molecule has 1 aliphatic rings. The molecule has 0 aliphatic carbocycles. The maximum atomic E-state index is 11.6. The summed E-state index contributed by atoms with van der Waals surface area (Å²) < 4.78 is 9.53. The molecule has 1 fully saturated rings. The Kier molecular flexibility index (Phi) is 4.76. The molecule has 2 N–H and O–H groups in total. The van der Waals surface area contributed by atoms with Crippen LogP contribution in [-0.4, -0.2) is 37.2 Å². The third kappa shape index (κ3) is 3.95. The zero-order valence-corrected chi connectivity index (χ0v) is 11.5. The SMILES string of the molecule is COC(=O)C[C@H]1NC(=O)[C@H]1NC(=O)OCc1ccccc1. The molecule has 0 saturated carbocycles. The molecule has 1 heterocycles. The second-order valence-corrected chi connectivity index (χ2v) is 4.58. The highest BCUT2D eigenvalue weighted by atomic mass is 16.5. The molecule has 0 bridgehead atoms. The Labute approximate surface area is 121 Å². The maximum Gasteiger partial charge on any atom is 0.408 e. The van der Waals surface area contributed by atoms with Crippen molar-refractivity contribution >= 4 is 18.0 Å². The largest absolute Gasteiger partial charge is 0.469 e. The Morgan fingerprint density at radius 1 is 1.29 bits per heavy atom. The van der Waals surface area contributed by atoms with Crippen LogP contribution >= 0.6 is 0 Å². The molecule has 1 aromatic rings. The number of carbonyl (C=O) groups excluding carboxylic acids is 3. The smallest absolute Gasteiger partial charge is 0.408 e. The van der Waals surface area contributed by atoms with Crippen LogP contribution in [0.25, 0.3) is 0 Å². The monoisotopic (exact) mass is 292 g/mol. The number of hydrogen-bond acceptors (Lipinski definition) is 5. The number of amides is 2. The molecule has 0 unspecified atom stereocenters. The number of ether oxygens (including phenoxy) is 2. The Morgan fingerprint density at radius 2 is 2.00 bits per heavy atom. The number of esters is 1. The van der Waals surface area contributed by atoms with Crippen LogP contribution < -0.4 is 10.6 Å². The second-order valence-electron chi connectivity index (χ2n) is 4.58. The lowest BCUT2D eigenvalue weighted by atomic mass is 9.96. The molecule has 0 aromatic heterocycles. The number of rotatable bonds is 5. The lowest BCUT2D eigenvalue weighted by Crippen LogP contribution is -2.69. The molecule has 2 rings (SSSR count). The van der Waals surface area contributed by atoms with Gasteiger partial charge in [0.2, 0.25) is 5.91 Å². The fraction of sp³-hybridized carbons (Fsp3) is 0.357. The molecule has 21 heavy (non-hydrogen) atoms. The molecular weight excluding hydrogens is 276 g/mol. The van der Waals surface area contributed by atoms with Crippen molar-refractivity contribution in [3.63, 3.8) is 0 Å². The van der Waals surface area contributed by atoms with Gasteiger partial charge in [-0.15, -0.1) is 0 Å². The normalized spacial score (nSPS) is 20.0. The van der Waals surface area contributed by atoms with Gasteiger partial charge in [0.25, 0.3) is 0 Å². The van der Waals surface area contributed by atoms with Crippen molar-refractivity contribution in [2.75, 3.05) is 7.11 Å². The van der Waals surface area contributed by atoms with E-state index in [4.69, 9.17) is 4.74 Å². The standard InChI is InChI=1S/C14H16N2O5/c1-20-11(17)7-10-12(13(18)15-10)16-14(19)21-8-9-5-3-2-4-6-9/h2-6,10,12H,7-8H2,1H3,(H,15,18)(H,16,19)/t10-,12+/m1/s1. The molecule has 1 aromatic carbocycles. The maximum absolute atomic E-state index is 11.6. The van der Waals surface area contributed by atoms with Crippen LogP contribution in [-0.2, 0) is 25.7 Å². The summed E-state index contributed by atoms with van der Waals surface area (Å²) in [4.78, 5) is 34.2. The van der Waals surface area contributed by atoms with Crippen molar-refractivity contribution in [1.29, 1.82) is 0 Å². The van der Waals surface area contributed by atoms with Gasteiger partial charge in [-0.1, -0.05) is 30.3 Å². The Hall–Kier alpha value is -2.57. The van der Waals surface area contributed by atoms with Gasteiger partial charge < -0.3 is 20.1 Å². The zero-order valence-electron chi connectivity index (χ0n) is 11.5. The first kappa shape index (κ1) is 14.8. The van der Waals surface area contributed by atoms with E-state index in [9.17, 15) is 14.4 Å². The van der Waals surface area contributed by atoms with Gasteiger partial charge in [0, 0.05) is 0 Å². The second kappa shape index (κ2) is 6.74. The van der Waals surface area contributed by atoms with Gasteiger partial charge in [-0.25, -0.2) is 4.79 Å². The highest BCUT2D eigenvalue weighted by Crippen LogP contribution is 2.11. The highest BCUT2D eigenvalue weighted by Gasteiger charge is 2.42. The molecule has 0 radical (unpaired) electrons. The number of hydrogen-bond donors (Lipinski definition) is 2. The van der Waals surface area contributed by atoms with E-state index in [1.807, 2.05) is 30.3 Å². The Balaban J connectivity index is 1.78. The molecular formula is C14H16N2O5. The number of benzene rings is 1. The van der Waals surface area contributed by atoms with Crippen molar-refractivity contribution in [3.8, 4) is 0 Å². The van der Waals surface area contributed by atoms with Crippen LogP contribution in [0.3, 0.4) is 0 Å². The molecule has 7 nitrogen and oxygen atoms in total. The molecule has 2 atom stereocenters. The Bertz CT molecular complexity index is 531. The van der Waals surface area contributed by atoms with Crippen LogP contribution in [0, 0.1) is 0 Å². The predicted octanol–water partition coefficient (Wildman–Crippen LogP) is 0.343.